The second-order valence-electron chi connectivity index (χ2n) is 6.00. The van der Waals surface area contributed by atoms with Crippen molar-refractivity contribution < 1.29 is 9.53 Å². The Bertz CT molecular complexity index is 505. The lowest BCUT2D eigenvalue weighted by Crippen LogP contribution is -2.58. The van der Waals surface area contributed by atoms with Gasteiger partial charge >= 0.3 is 0 Å². The van der Waals surface area contributed by atoms with Crippen molar-refractivity contribution in [3.63, 3.8) is 0 Å². The zero-order chi connectivity index (χ0) is 14.8. The highest BCUT2D eigenvalue weighted by molar-refractivity contribution is 7.17. The molecule has 2 atom stereocenters. The molecule has 0 N–H and O–H groups in total. The SMILES string of the molecule is COCc1nc(N2CC3CCCCN3CC2C)sc1C=O. The Morgan fingerprint density at radius 2 is 2.29 bits per heavy atom. The maximum atomic E-state index is 11.2. The molecule has 6 heteroatoms. The first-order valence-electron chi connectivity index (χ1n) is 7.67. The molecule has 2 saturated heterocycles. The Balaban J connectivity index is 1.80. The highest BCUT2D eigenvalue weighted by Gasteiger charge is 2.34. The normalized spacial score (nSPS) is 26.7. The number of fused-ring (bicyclic) bond motifs is 1. The number of methoxy groups -OCH3 is 1. The van der Waals surface area contributed by atoms with E-state index < -0.39 is 0 Å². The van der Waals surface area contributed by atoms with Crippen LogP contribution in [0.25, 0.3) is 0 Å². The van der Waals surface area contributed by atoms with Crippen LogP contribution in [0.1, 0.15) is 41.6 Å². The molecule has 3 heterocycles. The Morgan fingerprint density at radius 1 is 1.43 bits per heavy atom. The van der Waals surface area contributed by atoms with Gasteiger partial charge in [0, 0.05) is 32.3 Å². The molecule has 116 valence electrons. The number of piperidine rings is 1. The van der Waals surface area contributed by atoms with Crippen molar-refractivity contribution in [3.05, 3.63) is 10.6 Å². The lowest BCUT2D eigenvalue weighted by atomic mass is 9.97. The maximum Gasteiger partial charge on any atom is 0.186 e. The van der Waals surface area contributed by atoms with Gasteiger partial charge in [-0.3, -0.25) is 9.69 Å². The number of carbonyl (C=O) groups is 1. The fraction of sp³-hybridized carbons (Fsp3) is 0.733. The molecular weight excluding hydrogens is 286 g/mol. The molecule has 0 saturated carbocycles. The minimum Gasteiger partial charge on any atom is -0.378 e. The van der Waals surface area contributed by atoms with Crippen LogP contribution >= 0.6 is 11.3 Å². The third-order valence-corrected chi connectivity index (χ3v) is 5.60. The van der Waals surface area contributed by atoms with Crippen LogP contribution in [0.15, 0.2) is 0 Å². The molecule has 0 aromatic carbocycles. The zero-order valence-electron chi connectivity index (χ0n) is 12.7. The van der Waals surface area contributed by atoms with Gasteiger partial charge in [0.25, 0.3) is 0 Å². The standard InChI is InChI=1S/C15H23N3O2S/c1-11-7-17-6-4-3-5-12(17)8-18(11)15-16-13(10-20-2)14(9-19)21-15/h9,11-12H,3-8,10H2,1-2H3. The van der Waals surface area contributed by atoms with Crippen LogP contribution in [-0.4, -0.2) is 55.0 Å². The molecular formula is C15H23N3O2S. The average molecular weight is 309 g/mol. The van der Waals surface area contributed by atoms with Crippen LogP contribution < -0.4 is 4.90 Å². The number of anilines is 1. The Morgan fingerprint density at radius 3 is 3.05 bits per heavy atom. The molecule has 0 bridgehead atoms. The second kappa shape index (κ2) is 6.42. The second-order valence-corrected chi connectivity index (χ2v) is 7.01. The summed E-state index contributed by atoms with van der Waals surface area (Å²) in [7, 11) is 1.64. The molecule has 0 radical (unpaired) electrons. The zero-order valence-corrected chi connectivity index (χ0v) is 13.6. The summed E-state index contributed by atoms with van der Waals surface area (Å²) in [5, 5.41) is 0.974. The first-order valence-corrected chi connectivity index (χ1v) is 8.49. The van der Waals surface area contributed by atoms with Crippen LogP contribution in [0.2, 0.25) is 0 Å². The van der Waals surface area contributed by atoms with Gasteiger partial charge in [-0.05, 0) is 26.3 Å². The van der Waals surface area contributed by atoms with Crippen LogP contribution in [0.3, 0.4) is 0 Å². The number of thiazole rings is 1. The third kappa shape index (κ3) is 2.98. The molecule has 2 aliphatic heterocycles. The fourth-order valence-corrected chi connectivity index (χ4v) is 4.42. The van der Waals surface area contributed by atoms with Crippen molar-refractivity contribution in [2.75, 3.05) is 31.6 Å². The molecule has 3 rings (SSSR count). The number of carbonyl (C=O) groups excluding carboxylic acids is 1. The first-order chi connectivity index (χ1) is 10.2. The Kier molecular flexibility index (Phi) is 4.57. The lowest BCUT2D eigenvalue weighted by Gasteiger charge is -2.47. The van der Waals surface area contributed by atoms with E-state index in [-0.39, 0.29) is 0 Å². The average Bonchev–Trinajstić information content (AvgIpc) is 2.90. The van der Waals surface area contributed by atoms with E-state index in [1.807, 2.05) is 0 Å². The Hall–Kier alpha value is -0.980. The number of ether oxygens (including phenoxy) is 1. The van der Waals surface area contributed by atoms with Crippen molar-refractivity contribution in [2.45, 2.75) is 44.9 Å². The topological polar surface area (TPSA) is 45.7 Å². The van der Waals surface area contributed by atoms with Gasteiger partial charge in [0.15, 0.2) is 11.4 Å². The molecule has 1 aromatic rings. The molecule has 2 aliphatic rings. The van der Waals surface area contributed by atoms with Crippen molar-refractivity contribution in [1.29, 1.82) is 0 Å². The number of nitrogens with zero attached hydrogens (tertiary/aromatic N) is 3. The van der Waals surface area contributed by atoms with Crippen molar-refractivity contribution >= 4 is 22.8 Å². The predicted molar refractivity (Wildman–Crippen MR) is 84.2 cm³/mol. The third-order valence-electron chi connectivity index (χ3n) is 4.54. The molecule has 0 spiro atoms. The van der Waals surface area contributed by atoms with Crippen LogP contribution in [0.5, 0.6) is 0 Å². The predicted octanol–water partition coefficient (Wildman–Crippen LogP) is 2.17. The van der Waals surface area contributed by atoms with Gasteiger partial charge in [-0.25, -0.2) is 4.98 Å². The van der Waals surface area contributed by atoms with Crippen LogP contribution in [-0.2, 0) is 11.3 Å². The fourth-order valence-electron chi connectivity index (χ4n) is 3.42. The molecule has 0 amide bonds. The number of rotatable bonds is 4. The number of piperazine rings is 1. The van der Waals surface area contributed by atoms with Crippen LogP contribution in [0.4, 0.5) is 5.13 Å². The van der Waals surface area contributed by atoms with Gasteiger partial charge in [-0.1, -0.05) is 17.8 Å². The summed E-state index contributed by atoms with van der Waals surface area (Å²) < 4.78 is 5.14. The van der Waals surface area contributed by atoms with E-state index in [2.05, 4.69) is 21.7 Å². The number of hydrogen-bond donors (Lipinski definition) is 0. The van der Waals surface area contributed by atoms with E-state index in [9.17, 15) is 4.79 Å². The van der Waals surface area contributed by atoms with Crippen LogP contribution in [0, 0.1) is 0 Å². The summed E-state index contributed by atoms with van der Waals surface area (Å²) in [6.07, 6.45) is 4.83. The Labute approximate surface area is 129 Å². The summed E-state index contributed by atoms with van der Waals surface area (Å²) in [5.41, 5.74) is 0.769. The summed E-state index contributed by atoms with van der Waals surface area (Å²) in [6, 6.07) is 1.09. The number of aromatic nitrogens is 1. The molecule has 0 aliphatic carbocycles. The first kappa shape index (κ1) is 14.9. The smallest absolute Gasteiger partial charge is 0.186 e. The van der Waals surface area contributed by atoms with E-state index in [4.69, 9.17) is 4.74 Å². The lowest BCUT2D eigenvalue weighted by molar-refractivity contribution is 0.112. The van der Waals surface area contributed by atoms with Gasteiger partial charge in [0.2, 0.25) is 0 Å². The van der Waals surface area contributed by atoms with E-state index in [0.29, 0.717) is 23.6 Å². The van der Waals surface area contributed by atoms with Gasteiger partial charge in [-0.2, -0.15) is 0 Å². The van der Waals surface area contributed by atoms with Gasteiger partial charge in [-0.15, -0.1) is 0 Å². The van der Waals surface area contributed by atoms with Gasteiger partial charge in [0.1, 0.15) is 0 Å². The minimum absolute atomic E-state index is 0.405. The van der Waals surface area contributed by atoms with Gasteiger partial charge < -0.3 is 9.64 Å². The highest BCUT2D eigenvalue weighted by atomic mass is 32.1. The van der Waals surface area contributed by atoms with Crippen molar-refractivity contribution in [3.8, 4) is 0 Å². The van der Waals surface area contributed by atoms with E-state index >= 15 is 0 Å². The quantitative estimate of drug-likeness (QED) is 0.798. The molecule has 1 aromatic heterocycles. The summed E-state index contributed by atoms with van der Waals surface area (Å²) in [6.45, 7) is 6.01. The maximum absolute atomic E-state index is 11.2. The summed E-state index contributed by atoms with van der Waals surface area (Å²) >= 11 is 1.50. The largest absolute Gasteiger partial charge is 0.378 e. The highest BCUT2D eigenvalue weighted by Crippen LogP contribution is 2.32. The number of hydrogen-bond acceptors (Lipinski definition) is 6. The minimum atomic E-state index is 0.405. The molecule has 21 heavy (non-hydrogen) atoms. The van der Waals surface area contributed by atoms with E-state index in [1.165, 1.54) is 37.1 Å². The molecule has 2 unspecified atom stereocenters. The van der Waals surface area contributed by atoms with Crippen molar-refractivity contribution in [2.24, 2.45) is 0 Å². The van der Waals surface area contributed by atoms with E-state index in [1.54, 1.807) is 7.11 Å². The monoisotopic (exact) mass is 309 g/mol. The van der Waals surface area contributed by atoms with E-state index in [0.717, 1.165) is 30.2 Å². The summed E-state index contributed by atoms with van der Waals surface area (Å²) in [4.78, 5) is 21.5. The molecule has 2 fully saturated rings. The molecule has 5 nitrogen and oxygen atoms in total. The number of aldehydes is 1. The summed E-state index contributed by atoms with van der Waals surface area (Å²) in [5.74, 6) is 0. The van der Waals surface area contributed by atoms with Crippen molar-refractivity contribution in [1.82, 2.24) is 9.88 Å². The van der Waals surface area contributed by atoms with Gasteiger partial charge in [0.05, 0.1) is 17.2 Å².